The Hall–Kier alpha value is -7.66. The average molecular weight is 1170 g/mol. The van der Waals surface area contributed by atoms with Crippen LogP contribution in [0.1, 0.15) is 94.6 Å². The van der Waals surface area contributed by atoms with E-state index < -0.39 is 144 Å². The summed E-state index contributed by atoms with van der Waals surface area (Å²) in [6.07, 6.45) is 1.39. The van der Waals surface area contributed by atoms with Gasteiger partial charge in [0.25, 0.3) is 0 Å². The normalized spacial score (nSPS) is 23.4. The van der Waals surface area contributed by atoms with Gasteiger partial charge in [0.1, 0.15) is 47.5 Å². The maximum atomic E-state index is 15.0. The highest BCUT2D eigenvalue weighted by Crippen LogP contribution is 2.48. The second kappa shape index (κ2) is 30.8. The number of aliphatic hydroxyl groups excluding tert-OH is 1. The number of carbonyl (C=O) groups excluding carboxylic acids is 11. The lowest BCUT2D eigenvalue weighted by molar-refractivity contribution is -0.142. The molecule has 442 valence electrons. The number of rotatable bonds is 20. The number of guanidine groups is 1. The number of nitrogens with one attached hydrogen (secondary N) is 7. The van der Waals surface area contributed by atoms with E-state index in [9.17, 15) is 63.0 Å². The zero-order valence-corrected chi connectivity index (χ0v) is 46.4. The van der Waals surface area contributed by atoms with Crippen molar-refractivity contribution >= 4 is 92.5 Å². The fraction of sp³-hybridized carbons (Fsp3) is 0.538. The van der Waals surface area contributed by atoms with Gasteiger partial charge in [-0.2, -0.15) is 0 Å². The molecule has 2 aliphatic heterocycles. The minimum Gasteiger partial charge on any atom is -0.508 e. The molecule has 1 spiro atoms. The second-order valence-corrected chi connectivity index (χ2v) is 23.2. The van der Waals surface area contributed by atoms with E-state index in [0.29, 0.717) is 43.2 Å². The molecule has 3 aliphatic rings. The summed E-state index contributed by atoms with van der Waals surface area (Å²) in [7, 11) is 2.43. The Morgan fingerprint density at radius 3 is 2.11 bits per heavy atom. The Kier molecular flexibility index (Phi) is 24.4. The minimum atomic E-state index is -2.28. The molecule has 2 aromatic carbocycles. The van der Waals surface area contributed by atoms with Gasteiger partial charge in [-0.05, 0) is 68.2 Å². The minimum absolute atomic E-state index is 0.00238. The maximum Gasteiger partial charge on any atom is 0.249 e. The van der Waals surface area contributed by atoms with E-state index in [1.165, 1.54) is 27.8 Å². The number of aliphatic hydroxyl groups is 1. The van der Waals surface area contributed by atoms with E-state index in [1.807, 2.05) is 0 Å². The molecule has 2 heterocycles. The van der Waals surface area contributed by atoms with Crippen LogP contribution in [0.15, 0.2) is 59.6 Å². The number of nitrogens with two attached hydrogens (primary N) is 5. The molecule has 29 heteroatoms. The molecule has 81 heavy (non-hydrogen) atoms. The largest absolute Gasteiger partial charge is 0.508 e. The van der Waals surface area contributed by atoms with Crippen molar-refractivity contribution < 1.29 is 63.0 Å². The lowest BCUT2D eigenvalue weighted by atomic mass is 9.85. The van der Waals surface area contributed by atoms with Crippen LogP contribution < -0.4 is 65.9 Å². The molecule has 0 unspecified atom stereocenters. The summed E-state index contributed by atoms with van der Waals surface area (Å²) < 4.78 is -0.809. The third-order valence-electron chi connectivity index (χ3n) is 14.0. The van der Waals surface area contributed by atoms with Crippen LogP contribution in [0.4, 0.5) is 0 Å². The number of amides is 11. The number of nitrogens with zero attached hydrogens (tertiary/aromatic N) is 2. The molecule has 1 saturated carbocycles. The van der Waals surface area contributed by atoms with Gasteiger partial charge < -0.3 is 81.0 Å². The number of aromatic hydroxyl groups is 1. The van der Waals surface area contributed by atoms with Gasteiger partial charge in [-0.3, -0.25) is 57.7 Å². The Labute approximate surface area is 475 Å². The van der Waals surface area contributed by atoms with Crippen LogP contribution in [0.5, 0.6) is 5.75 Å². The first-order valence-electron chi connectivity index (χ1n) is 26.6. The van der Waals surface area contributed by atoms with Crippen LogP contribution >= 0.6 is 21.6 Å². The van der Waals surface area contributed by atoms with Crippen LogP contribution in [-0.4, -0.2) is 165 Å². The molecule has 0 bridgehead atoms. The molecule has 2 saturated heterocycles. The van der Waals surface area contributed by atoms with Gasteiger partial charge >= 0.3 is 0 Å². The van der Waals surface area contributed by atoms with Crippen LogP contribution in [0.25, 0.3) is 0 Å². The van der Waals surface area contributed by atoms with E-state index in [1.54, 1.807) is 42.5 Å². The van der Waals surface area contributed by atoms with Gasteiger partial charge in [-0.1, -0.05) is 83.3 Å². The summed E-state index contributed by atoms with van der Waals surface area (Å²) >= 11 is 0. The number of phenols is 1. The van der Waals surface area contributed by atoms with E-state index in [2.05, 4.69) is 42.2 Å². The Morgan fingerprint density at radius 2 is 1.47 bits per heavy atom. The average Bonchev–Trinajstić information content (AvgIpc) is 4.02. The fourth-order valence-corrected chi connectivity index (χ4v) is 13.1. The SMILES string of the molecule is NC(=O)CC[C@@H]1NC(=O)[C@](CO)(Cc2ccccc2)NC(=O)[C@H](Cc2ccc(O)cc2)NC(=O)CC2(CCCCC2)SSC[C@@H](C(=O)N2CCC[C@H]2C(=O)N[C@@H](CCCN=C(N)N)C(=O)NCC(N)=O)NC(=O)[C@H](CC(N)=O)NC1=O. The van der Waals surface area contributed by atoms with Gasteiger partial charge in [0, 0.05) is 49.3 Å². The number of carbonyl (C=O) groups is 11. The number of primary amides is 3. The Morgan fingerprint density at radius 1 is 0.778 bits per heavy atom. The van der Waals surface area contributed by atoms with Crippen LogP contribution in [0.2, 0.25) is 0 Å². The molecular weight excluding hydrogens is 1090 g/mol. The summed E-state index contributed by atoms with van der Waals surface area (Å²) in [6, 6.07) is 5.19. The number of likely N-dealkylation sites (tertiary alicyclic amines) is 1. The number of aliphatic imine (C=N–C) groups is 1. The van der Waals surface area contributed by atoms with E-state index >= 15 is 0 Å². The maximum absolute atomic E-state index is 15.0. The molecule has 5 rings (SSSR count). The summed E-state index contributed by atoms with van der Waals surface area (Å²) in [5.74, 6) is -10.4. The van der Waals surface area contributed by atoms with Crippen molar-refractivity contribution in [2.75, 3.05) is 32.0 Å². The second-order valence-electron chi connectivity index (χ2n) is 20.4. The van der Waals surface area contributed by atoms with Gasteiger partial charge in [-0.25, -0.2) is 0 Å². The summed E-state index contributed by atoms with van der Waals surface area (Å²) in [4.78, 5) is 157. The lowest BCUT2D eigenvalue weighted by Crippen LogP contribution is -2.67. The summed E-state index contributed by atoms with van der Waals surface area (Å²) in [6.45, 7) is -1.51. The fourth-order valence-electron chi connectivity index (χ4n) is 9.77. The summed E-state index contributed by atoms with van der Waals surface area (Å²) in [5.41, 5.74) is 25.9. The predicted molar refractivity (Wildman–Crippen MR) is 299 cm³/mol. The molecule has 0 aromatic heterocycles. The molecule has 27 nitrogen and oxygen atoms in total. The van der Waals surface area contributed by atoms with Gasteiger partial charge in [-0.15, -0.1) is 0 Å². The van der Waals surface area contributed by atoms with Crippen molar-refractivity contribution in [1.29, 1.82) is 0 Å². The molecule has 7 atom stereocenters. The van der Waals surface area contributed by atoms with E-state index in [-0.39, 0.29) is 69.1 Å². The van der Waals surface area contributed by atoms with Crippen molar-refractivity contribution in [2.45, 2.75) is 143 Å². The standard InChI is InChI=1S/C52H74N14O13S2/c53-39(69)18-17-34-44(74)62-36(24-40(54)70)45(75)63-37(48(78)66-22-8-12-38(66)47(77)61-33(11-7-21-58-50(56)57)43(73)59-27-41(55)71)28-80-81-51(19-5-2-6-20-51)26-42(72)60-35(23-30-13-15-32(68)16-14-30)46(76)65-52(29-67,49(79)64-34)25-31-9-3-1-4-10-31/h1,3-4,9-10,13-16,33-38,67-68H,2,5-8,11-12,17-29H2,(H2,53,69)(H2,54,70)(H2,55,71)(H,59,73)(H,60,72)(H,61,77)(H,62,74)(H,63,75)(H,64,79)(H,65,76)(H4,56,57,58)/t33-,34-,35-,36-,37-,38-,52+/m0/s1. The topological polar surface area (TPSA) is 458 Å². The van der Waals surface area contributed by atoms with Gasteiger partial charge in [0.2, 0.25) is 65.0 Å². The van der Waals surface area contributed by atoms with Crippen molar-refractivity contribution in [3.8, 4) is 5.75 Å². The smallest absolute Gasteiger partial charge is 0.249 e. The first-order chi connectivity index (χ1) is 38.5. The first-order valence-corrected chi connectivity index (χ1v) is 28.9. The zero-order chi connectivity index (χ0) is 59.3. The van der Waals surface area contributed by atoms with Crippen molar-refractivity contribution in [1.82, 2.24) is 42.1 Å². The molecule has 0 radical (unpaired) electrons. The Balaban J connectivity index is 1.57. The highest BCUT2D eigenvalue weighted by molar-refractivity contribution is 8.77. The van der Waals surface area contributed by atoms with Crippen molar-refractivity contribution in [3.63, 3.8) is 0 Å². The van der Waals surface area contributed by atoms with Crippen molar-refractivity contribution in [3.05, 3.63) is 65.7 Å². The van der Waals surface area contributed by atoms with Crippen LogP contribution in [0.3, 0.4) is 0 Å². The molecule has 1 aliphatic carbocycles. The molecule has 19 N–H and O–H groups in total. The Bertz CT molecular complexity index is 2620. The highest BCUT2D eigenvalue weighted by Gasteiger charge is 2.45. The molecule has 11 amide bonds. The molecular formula is C52H74N14O13S2. The lowest BCUT2D eigenvalue weighted by Gasteiger charge is -2.37. The number of hydrogen-bond donors (Lipinski definition) is 14. The van der Waals surface area contributed by atoms with Crippen LogP contribution in [-0.2, 0) is 65.6 Å². The van der Waals surface area contributed by atoms with Gasteiger partial charge in [0.15, 0.2) is 5.96 Å². The van der Waals surface area contributed by atoms with Crippen LogP contribution in [0, 0.1) is 0 Å². The predicted octanol–water partition coefficient (Wildman–Crippen LogP) is -3.28. The number of benzene rings is 2. The molecule has 3 fully saturated rings. The third kappa shape index (κ3) is 19.8. The monoisotopic (exact) mass is 1170 g/mol. The highest BCUT2D eigenvalue weighted by atomic mass is 33.1. The summed E-state index contributed by atoms with van der Waals surface area (Å²) in [5, 5.41) is 39.4. The first kappa shape index (κ1) is 64.2. The number of hydrogen-bond acceptors (Lipinski definition) is 16. The quantitative estimate of drug-likeness (QED) is 0.0268. The molecule has 2 aromatic rings. The van der Waals surface area contributed by atoms with Gasteiger partial charge in [0.05, 0.1) is 19.6 Å². The zero-order valence-electron chi connectivity index (χ0n) is 44.8. The van der Waals surface area contributed by atoms with E-state index in [0.717, 1.165) is 17.2 Å². The number of phenolic OH excluding ortho intramolecular Hbond substituents is 1. The van der Waals surface area contributed by atoms with Crippen molar-refractivity contribution in [2.24, 2.45) is 33.7 Å². The van der Waals surface area contributed by atoms with E-state index in [4.69, 9.17) is 28.7 Å². The third-order valence-corrected chi connectivity index (χ3v) is 17.3.